The number of nitrogens with zero attached hydrogens (tertiary/aromatic N) is 2. The largest absolute Gasteiger partial charge is 0.394 e. The quantitative estimate of drug-likeness (QED) is 0.302. The van der Waals surface area contributed by atoms with Gasteiger partial charge in [0, 0.05) is 6.54 Å². The van der Waals surface area contributed by atoms with E-state index in [-0.39, 0.29) is 17.7 Å². The third kappa shape index (κ3) is 3.19. The number of fused-ring (bicyclic) bond motifs is 1. The maximum absolute atomic E-state index is 12.5. The van der Waals surface area contributed by atoms with Gasteiger partial charge in [0.2, 0.25) is 0 Å². The van der Waals surface area contributed by atoms with Gasteiger partial charge in [-0.3, -0.25) is 23.9 Å². The van der Waals surface area contributed by atoms with Gasteiger partial charge in [0.05, 0.1) is 13.2 Å². The molecule has 0 unspecified atom stereocenters. The predicted molar refractivity (Wildman–Crippen MR) is 82.5 cm³/mol. The lowest BCUT2D eigenvalue weighted by Crippen LogP contribution is -2.43. The number of aliphatic hydroxyl groups is 4. The van der Waals surface area contributed by atoms with Gasteiger partial charge in [0.15, 0.2) is 5.52 Å². The molecule has 0 spiro atoms. The molecule has 0 saturated carbocycles. The molecule has 0 fully saturated rings. The standard InChI is InChI=1S/C13H19N4O7/c1-2-3-16-8-10(14-12(23)15-11(8)22)17(13(16)24)4-6(19)9(21)7(20)5-18/h6-7,9,18-21H,1-5H2,(H2,14,15,22,23)/t6-,7-,9+/m1/s1. The third-order valence-corrected chi connectivity index (χ3v) is 3.63. The summed E-state index contributed by atoms with van der Waals surface area (Å²) in [7, 11) is 0. The Balaban J connectivity index is 2.58. The Labute approximate surface area is 134 Å². The molecule has 2 aromatic rings. The molecule has 0 amide bonds. The van der Waals surface area contributed by atoms with Crippen LogP contribution in [-0.4, -0.2) is 64.4 Å². The second kappa shape index (κ2) is 7.13. The fraction of sp³-hybridized carbons (Fsp3) is 0.538. The van der Waals surface area contributed by atoms with Crippen molar-refractivity contribution in [2.75, 3.05) is 6.61 Å². The van der Waals surface area contributed by atoms with Gasteiger partial charge in [-0.15, -0.1) is 0 Å². The van der Waals surface area contributed by atoms with E-state index in [0.717, 1.165) is 9.13 Å². The number of hydrogen-bond donors (Lipinski definition) is 6. The summed E-state index contributed by atoms with van der Waals surface area (Å²) in [5, 5.41) is 37.8. The maximum atomic E-state index is 12.5. The van der Waals surface area contributed by atoms with Crippen molar-refractivity contribution >= 4 is 11.2 Å². The van der Waals surface area contributed by atoms with E-state index in [1.165, 1.54) is 0 Å². The van der Waals surface area contributed by atoms with Crippen LogP contribution >= 0.6 is 0 Å². The molecule has 24 heavy (non-hydrogen) atoms. The molecule has 11 heteroatoms. The van der Waals surface area contributed by atoms with Gasteiger partial charge in [-0.2, -0.15) is 0 Å². The Morgan fingerprint density at radius 2 is 1.71 bits per heavy atom. The summed E-state index contributed by atoms with van der Waals surface area (Å²) in [6.07, 6.45) is -4.65. The minimum absolute atomic E-state index is 0.0901. The molecular formula is C13H19N4O7. The maximum Gasteiger partial charge on any atom is 0.330 e. The minimum atomic E-state index is -1.72. The molecule has 133 valence electrons. The van der Waals surface area contributed by atoms with E-state index in [4.69, 9.17) is 5.11 Å². The van der Waals surface area contributed by atoms with Crippen molar-refractivity contribution in [3.05, 3.63) is 38.2 Å². The highest BCUT2D eigenvalue weighted by molar-refractivity contribution is 5.69. The van der Waals surface area contributed by atoms with E-state index in [2.05, 4.69) is 11.9 Å². The summed E-state index contributed by atoms with van der Waals surface area (Å²) in [5.41, 5.74) is -2.51. The van der Waals surface area contributed by atoms with E-state index >= 15 is 0 Å². The van der Waals surface area contributed by atoms with E-state index in [9.17, 15) is 29.7 Å². The molecule has 0 bridgehead atoms. The van der Waals surface area contributed by atoms with Crippen molar-refractivity contribution in [2.45, 2.75) is 37.8 Å². The van der Waals surface area contributed by atoms with Gasteiger partial charge < -0.3 is 20.4 Å². The number of H-pyrrole nitrogens is 2. The highest BCUT2D eigenvalue weighted by Crippen LogP contribution is 2.08. The number of imidazole rings is 1. The molecule has 2 rings (SSSR count). The first-order valence-electron chi connectivity index (χ1n) is 7.21. The summed E-state index contributed by atoms with van der Waals surface area (Å²) in [5.74, 6) is 0. The van der Waals surface area contributed by atoms with Crippen LogP contribution in [0.3, 0.4) is 0 Å². The highest BCUT2D eigenvalue weighted by atomic mass is 16.4. The van der Waals surface area contributed by atoms with Crippen molar-refractivity contribution < 1.29 is 20.4 Å². The fourth-order valence-electron chi connectivity index (χ4n) is 2.44. The zero-order valence-corrected chi connectivity index (χ0v) is 12.7. The van der Waals surface area contributed by atoms with Crippen LogP contribution in [0.25, 0.3) is 11.2 Å². The number of rotatable bonds is 7. The number of hydrogen-bond acceptors (Lipinski definition) is 7. The lowest BCUT2D eigenvalue weighted by atomic mass is 10.1. The Hall–Kier alpha value is -2.21. The third-order valence-electron chi connectivity index (χ3n) is 3.63. The molecule has 11 nitrogen and oxygen atoms in total. The van der Waals surface area contributed by atoms with Crippen LogP contribution in [0.1, 0.15) is 6.42 Å². The molecule has 0 aliphatic heterocycles. The van der Waals surface area contributed by atoms with Crippen molar-refractivity contribution in [1.29, 1.82) is 0 Å². The summed E-state index contributed by atoms with van der Waals surface area (Å²) in [4.78, 5) is 40.2. The topological polar surface area (TPSA) is 174 Å². The molecular weight excluding hydrogens is 324 g/mol. The van der Waals surface area contributed by atoms with Crippen molar-refractivity contribution in [2.24, 2.45) is 0 Å². The van der Waals surface area contributed by atoms with Gasteiger partial charge in [-0.1, -0.05) is 6.92 Å². The van der Waals surface area contributed by atoms with Crippen molar-refractivity contribution in [3.8, 4) is 0 Å². The normalized spacial score (nSPS) is 15.5. The number of aromatic nitrogens is 4. The van der Waals surface area contributed by atoms with Gasteiger partial charge >= 0.3 is 11.4 Å². The average molecular weight is 343 g/mol. The monoisotopic (exact) mass is 343 g/mol. The number of aliphatic hydroxyl groups excluding tert-OH is 4. The van der Waals surface area contributed by atoms with Gasteiger partial charge in [-0.05, 0) is 6.42 Å². The van der Waals surface area contributed by atoms with E-state index in [1.54, 1.807) is 0 Å². The van der Waals surface area contributed by atoms with E-state index in [1.807, 2.05) is 4.98 Å². The summed E-state index contributed by atoms with van der Waals surface area (Å²) in [6, 6.07) is 0. The lowest BCUT2D eigenvalue weighted by molar-refractivity contribution is -0.0806. The van der Waals surface area contributed by atoms with Crippen LogP contribution in [-0.2, 0) is 13.1 Å². The Bertz CT molecular complexity index is 877. The molecule has 3 atom stereocenters. The van der Waals surface area contributed by atoms with Crippen LogP contribution in [0.5, 0.6) is 0 Å². The average Bonchev–Trinajstić information content (AvgIpc) is 2.79. The smallest absolute Gasteiger partial charge is 0.330 e. The summed E-state index contributed by atoms with van der Waals surface area (Å²) < 4.78 is 2.01. The first-order chi connectivity index (χ1) is 11.3. The summed E-state index contributed by atoms with van der Waals surface area (Å²) in [6.45, 7) is 2.42. The molecule has 2 aromatic heterocycles. The second-order valence-corrected chi connectivity index (χ2v) is 5.31. The molecule has 1 radical (unpaired) electrons. The van der Waals surface area contributed by atoms with Crippen LogP contribution < -0.4 is 16.9 Å². The number of nitrogens with one attached hydrogen (secondary N) is 2. The van der Waals surface area contributed by atoms with Crippen LogP contribution in [0.2, 0.25) is 0 Å². The Morgan fingerprint density at radius 3 is 2.29 bits per heavy atom. The SMILES string of the molecule is [CH2]CCn1c(=O)n(C[C@@H](O)[C@H](O)[C@H](O)CO)c2[nH]c(=O)[nH]c(=O)c21. The number of aromatic amines is 2. The van der Waals surface area contributed by atoms with Gasteiger partial charge in [0.1, 0.15) is 24.0 Å². The first kappa shape index (κ1) is 18.1. The van der Waals surface area contributed by atoms with Gasteiger partial charge in [-0.25, -0.2) is 9.59 Å². The Morgan fingerprint density at radius 1 is 1.04 bits per heavy atom. The number of aryl methyl sites for hydroxylation is 1. The minimum Gasteiger partial charge on any atom is -0.394 e. The van der Waals surface area contributed by atoms with E-state index < -0.39 is 48.4 Å². The predicted octanol–water partition coefficient (Wildman–Crippen LogP) is -3.52. The van der Waals surface area contributed by atoms with Crippen LogP contribution in [0.15, 0.2) is 14.4 Å². The molecule has 0 aliphatic rings. The van der Waals surface area contributed by atoms with Crippen LogP contribution in [0, 0.1) is 6.92 Å². The summed E-state index contributed by atoms with van der Waals surface area (Å²) >= 11 is 0. The molecule has 6 N–H and O–H groups in total. The second-order valence-electron chi connectivity index (χ2n) is 5.31. The van der Waals surface area contributed by atoms with Crippen LogP contribution in [0.4, 0.5) is 0 Å². The fourth-order valence-corrected chi connectivity index (χ4v) is 2.44. The highest BCUT2D eigenvalue weighted by Gasteiger charge is 2.27. The van der Waals surface area contributed by atoms with E-state index in [0.29, 0.717) is 6.42 Å². The molecule has 0 aromatic carbocycles. The molecule has 0 aliphatic carbocycles. The van der Waals surface area contributed by atoms with Crippen molar-refractivity contribution in [3.63, 3.8) is 0 Å². The zero-order chi connectivity index (χ0) is 18.0. The molecule has 0 saturated heterocycles. The molecule has 2 heterocycles. The Kier molecular flexibility index (Phi) is 5.39. The lowest BCUT2D eigenvalue weighted by Gasteiger charge is -2.21. The zero-order valence-electron chi connectivity index (χ0n) is 12.7. The first-order valence-corrected chi connectivity index (χ1v) is 7.21. The van der Waals surface area contributed by atoms with Crippen molar-refractivity contribution in [1.82, 2.24) is 19.1 Å². The van der Waals surface area contributed by atoms with Gasteiger partial charge in [0.25, 0.3) is 5.56 Å².